The molecule has 0 spiro atoms. The second-order valence-corrected chi connectivity index (χ2v) is 5.70. The first-order chi connectivity index (χ1) is 12.3. The molecular formula is C18H15F3N2O3. The van der Waals surface area contributed by atoms with Crippen LogP contribution in [0.25, 0.3) is 0 Å². The Labute approximate surface area is 147 Å². The Balaban J connectivity index is 1.70. The quantitative estimate of drug-likeness (QED) is 0.897. The lowest BCUT2D eigenvalue weighted by Gasteiger charge is -2.17. The maximum absolute atomic E-state index is 12.6. The van der Waals surface area contributed by atoms with Gasteiger partial charge in [0, 0.05) is 0 Å². The van der Waals surface area contributed by atoms with Gasteiger partial charge in [-0.1, -0.05) is 24.3 Å². The third kappa shape index (κ3) is 3.96. The maximum atomic E-state index is 12.6. The zero-order valence-electron chi connectivity index (χ0n) is 13.5. The maximum Gasteiger partial charge on any atom is 0.416 e. The van der Waals surface area contributed by atoms with E-state index in [1.54, 1.807) is 24.3 Å². The minimum absolute atomic E-state index is 0.0864. The number of ether oxygens (including phenoxy) is 1. The molecule has 1 heterocycles. The van der Waals surface area contributed by atoms with Crippen LogP contribution >= 0.6 is 0 Å². The van der Waals surface area contributed by atoms with Crippen molar-refractivity contribution in [2.75, 3.05) is 23.4 Å². The molecule has 0 aliphatic carbocycles. The van der Waals surface area contributed by atoms with Crippen LogP contribution in [0.15, 0.2) is 48.5 Å². The summed E-state index contributed by atoms with van der Waals surface area (Å²) in [5.41, 5.74) is 0.632. The fraction of sp³-hybridized carbons (Fsp3) is 0.222. The molecule has 0 saturated carbocycles. The van der Waals surface area contributed by atoms with Gasteiger partial charge >= 0.3 is 12.3 Å². The van der Waals surface area contributed by atoms with Gasteiger partial charge in [-0.15, -0.1) is 0 Å². The number of anilines is 2. The fourth-order valence-corrected chi connectivity index (χ4v) is 2.62. The molecule has 136 valence electrons. The Morgan fingerprint density at radius 1 is 1.12 bits per heavy atom. The summed E-state index contributed by atoms with van der Waals surface area (Å²) < 4.78 is 42.6. The smallest absolute Gasteiger partial charge is 0.416 e. The van der Waals surface area contributed by atoms with Gasteiger partial charge in [0.05, 0.1) is 29.9 Å². The molecule has 0 bridgehead atoms. The highest BCUT2D eigenvalue weighted by molar-refractivity contribution is 6.00. The van der Waals surface area contributed by atoms with Gasteiger partial charge in [-0.05, 0) is 29.8 Å². The Bertz CT molecular complexity index is 819. The highest BCUT2D eigenvalue weighted by Crippen LogP contribution is 2.30. The van der Waals surface area contributed by atoms with E-state index in [4.69, 9.17) is 4.74 Å². The number of hydrogen-bond donors (Lipinski definition) is 1. The zero-order valence-corrected chi connectivity index (χ0v) is 13.5. The van der Waals surface area contributed by atoms with Crippen LogP contribution in [0.5, 0.6) is 0 Å². The second-order valence-electron chi connectivity index (χ2n) is 5.70. The molecule has 26 heavy (non-hydrogen) atoms. The van der Waals surface area contributed by atoms with Gasteiger partial charge in [0.1, 0.15) is 6.61 Å². The number of halogens is 3. The van der Waals surface area contributed by atoms with Crippen LogP contribution in [0.4, 0.5) is 29.3 Å². The molecule has 8 heteroatoms. The lowest BCUT2D eigenvalue weighted by molar-refractivity contribution is -0.137. The van der Waals surface area contributed by atoms with Crippen molar-refractivity contribution in [1.29, 1.82) is 0 Å². The summed E-state index contributed by atoms with van der Waals surface area (Å²) in [7, 11) is 0. The summed E-state index contributed by atoms with van der Waals surface area (Å²) in [5, 5.41) is 2.69. The van der Waals surface area contributed by atoms with Crippen molar-refractivity contribution >= 4 is 23.4 Å². The van der Waals surface area contributed by atoms with Crippen LogP contribution < -0.4 is 10.2 Å². The monoisotopic (exact) mass is 364 g/mol. The SMILES string of the molecule is O=C(Cc1ccc(C(F)(F)F)cc1)Nc1ccccc1N1CCOC1=O. The standard InChI is InChI=1S/C18H15F3N2O3/c19-18(20,21)13-7-5-12(6-8-13)11-16(24)22-14-3-1-2-4-15(14)23-9-10-26-17(23)25/h1-8H,9-11H2,(H,22,24). The van der Waals surface area contributed by atoms with E-state index in [9.17, 15) is 22.8 Å². The molecule has 2 aromatic rings. The van der Waals surface area contributed by atoms with E-state index < -0.39 is 23.7 Å². The number of amides is 2. The number of benzene rings is 2. The molecule has 0 atom stereocenters. The number of carbonyl (C=O) groups excluding carboxylic acids is 2. The first-order valence-electron chi connectivity index (χ1n) is 7.84. The summed E-state index contributed by atoms with van der Waals surface area (Å²) in [4.78, 5) is 25.4. The lowest BCUT2D eigenvalue weighted by Crippen LogP contribution is -2.25. The van der Waals surface area contributed by atoms with E-state index in [1.165, 1.54) is 17.0 Å². The van der Waals surface area contributed by atoms with Crippen LogP contribution in [0.2, 0.25) is 0 Å². The van der Waals surface area contributed by atoms with Crippen LogP contribution in [0.1, 0.15) is 11.1 Å². The minimum atomic E-state index is -4.41. The van der Waals surface area contributed by atoms with Crippen molar-refractivity contribution in [2.24, 2.45) is 0 Å². The van der Waals surface area contributed by atoms with Crippen molar-refractivity contribution in [3.8, 4) is 0 Å². The molecule has 1 aliphatic rings. The van der Waals surface area contributed by atoms with Gasteiger partial charge in [0.15, 0.2) is 0 Å². The van der Waals surface area contributed by atoms with E-state index in [0.29, 0.717) is 23.5 Å². The predicted octanol–water partition coefficient (Wildman–Crippen LogP) is 3.84. The average Bonchev–Trinajstić information content (AvgIpc) is 3.01. The van der Waals surface area contributed by atoms with Crippen molar-refractivity contribution < 1.29 is 27.5 Å². The normalized spacial score (nSPS) is 14.3. The third-order valence-corrected chi connectivity index (χ3v) is 3.88. The number of nitrogens with zero attached hydrogens (tertiary/aromatic N) is 1. The highest BCUT2D eigenvalue weighted by atomic mass is 19.4. The molecule has 2 aromatic carbocycles. The number of cyclic esters (lactones) is 1. The lowest BCUT2D eigenvalue weighted by atomic mass is 10.1. The van der Waals surface area contributed by atoms with Gasteiger partial charge in [0.2, 0.25) is 5.91 Å². The Morgan fingerprint density at radius 3 is 2.42 bits per heavy atom. The van der Waals surface area contributed by atoms with Gasteiger partial charge in [-0.25, -0.2) is 4.79 Å². The van der Waals surface area contributed by atoms with Gasteiger partial charge < -0.3 is 10.1 Å². The topological polar surface area (TPSA) is 58.6 Å². The zero-order chi connectivity index (χ0) is 18.7. The van der Waals surface area contributed by atoms with E-state index in [-0.39, 0.29) is 13.0 Å². The van der Waals surface area contributed by atoms with Gasteiger partial charge in [0.25, 0.3) is 0 Å². The number of rotatable bonds is 4. The van der Waals surface area contributed by atoms with Crippen LogP contribution in [-0.2, 0) is 22.1 Å². The van der Waals surface area contributed by atoms with E-state index >= 15 is 0 Å². The highest BCUT2D eigenvalue weighted by Gasteiger charge is 2.30. The van der Waals surface area contributed by atoms with Crippen LogP contribution in [0.3, 0.4) is 0 Å². The Morgan fingerprint density at radius 2 is 1.81 bits per heavy atom. The van der Waals surface area contributed by atoms with Crippen molar-refractivity contribution in [1.82, 2.24) is 0 Å². The molecule has 2 amide bonds. The second kappa shape index (κ2) is 7.07. The summed E-state index contributed by atoms with van der Waals surface area (Å²) in [6, 6.07) is 11.2. The molecule has 3 rings (SSSR count). The number of para-hydroxylation sites is 2. The first kappa shape index (κ1) is 17.8. The van der Waals surface area contributed by atoms with Crippen molar-refractivity contribution in [2.45, 2.75) is 12.6 Å². The molecule has 1 aliphatic heterocycles. The average molecular weight is 364 g/mol. The van der Waals surface area contributed by atoms with Crippen LogP contribution in [0, 0.1) is 0 Å². The van der Waals surface area contributed by atoms with E-state index in [0.717, 1.165) is 12.1 Å². The Kier molecular flexibility index (Phi) is 4.83. The summed E-state index contributed by atoms with van der Waals surface area (Å²) in [5.74, 6) is -0.398. The largest absolute Gasteiger partial charge is 0.447 e. The molecule has 1 N–H and O–H groups in total. The summed E-state index contributed by atoms with van der Waals surface area (Å²) in [6.45, 7) is 0.650. The summed E-state index contributed by atoms with van der Waals surface area (Å²) >= 11 is 0. The number of carbonyl (C=O) groups is 2. The third-order valence-electron chi connectivity index (χ3n) is 3.88. The number of hydrogen-bond acceptors (Lipinski definition) is 3. The summed E-state index contributed by atoms with van der Waals surface area (Å²) in [6.07, 6.45) is -4.99. The molecule has 0 unspecified atom stereocenters. The van der Waals surface area contributed by atoms with Gasteiger partial charge in [-0.3, -0.25) is 9.69 Å². The number of nitrogens with one attached hydrogen (secondary N) is 1. The predicted molar refractivity (Wildman–Crippen MR) is 88.9 cm³/mol. The fourth-order valence-electron chi connectivity index (χ4n) is 2.62. The first-order valence-corrected chi connectivity index (χ1v) is 7.84. The molecule has 5 nitrogen and oxygen atoms in total. The number of alkyl halides is 3. The van der Waals surface area contributed by atoms with Crippen molar-refractivity contribution in [3.63, 3.8) is 0 Å². The van der Waals surface area contributed by atoms with Gasteiger partial charge in [-0.2, -0.15) is 13.2 Å². The minimum Gasteiger partial charge on any atom is -0.447 e. The van der Waals surface area contributed by atoms with E-state index in [2.05, 4.69) is 5.32 Å². The molecule has 1 fully saturated rings. The molecule has 0 aromatic heterocycles. The van der Waals surface area contributed by atoms with E-state index in [1.807, 2.05) is 0 Å². The molecule has 0 radical (unpaired) electrons. The molecular weight excluding hydrogens is 349 g/mol. The van der Waals surface area contributed by atoms with Crippen LogP contribution in [-0.4, -0.2) is 25.2 Å². The molecule has 1 saturated heterocycles. The van der Waals surface area contributed by atoms with Crippen molar-refractivity contribution in [3.05, 3.63) is 59.7 Å². The Hall–Kier alpha value is -3.03.